The average molecular weight is 196 g/mol. The van der Waals surface area contributed by atoms with E-state index in [9.17, 15) is 10.1 Å². The van der Waals surface area contributed by atoms with Crippen LogP contribution in [0.2, 0.25) is 0 Å². The van der Waals surface area contributed by atoms with E-state index in [2.05, 4.69) is 35.7 Å². The van der Waals surface area contributed by atoms with Crippen molar-refractivity contribution in [1.29, 1.82) is 0 Å². The van der Waals surface area contributed by atoms with Crippen LogP contribution in [0.3, 0.4) is 0 Å². The highest BCUT2D eigenvalue weighted by atomic mass is 16.6. The van der Waals surface area contributed by atoms with Gasteiger partial charge in [0.2, 0.25) is 5.95 Å². The van der Waals surface area contributed by atoms with Crippen molar-refractivity contribution in [3.8, 4) is 0 Å². The SMILES string of the molecule is O=[N+]([O-])c1nc(Nc2ncn[nH]2)n[nH]1. The molecule has 0 saturated heterocycles. The van der Waals surface area contributed by atoms with E-state index in [-0.39, 0.29) is 5.95 Å². The summed E-state index contributed by atoms with van der Waals surface area (Å²) >= 11 is 0. The number of aromatic amines is 2. The molecule has 0 unspecified atom stereocenters. The molecule has 72 valence electrons. The number of anilines is 2. The van der Waals surface area contributed by atoms with E-state index in [1.807, 2.05) is 0 Å². The van der Waals surface area contributed by atoms with Gasteiger partial charge in [0, 0.05) is 0 Å². The minimum atomic E-state index is -0.682. The van der Waals surface area contributed by atoms with E-state index in [1.165, 1.54) is 6.33 Å². The van der Waals surface area contributed by atoms with Gasteiger partial charge in [-0.3, -0.25) is 5.32 Å². The van der Waals surface area contributed by atoms with Crippen LogP contribution in [0.4, 0.5) is 17.8 Å². The summed E-state index contributed by atoms with van der Waals surface area (Å²) in [5, 5.41) is 24.5. The van der Waals surface area contributed by atoms with Gasteiger partial charge in [0.1, 0.15) is 6.33 Å². The molecular formula is C4H4N8O2. The number of nitrogens with zero attached hydrogens (tertiary/aromatic N) is 5. The lowest BCUT2D eigenvalue weighted by Gasteiger charge is -1.88. The van der Waals surface area contributed by atoms with E-state index >= 15 is 0 Å². The first-order valence-corrected chi connectivity index (χ1v) is 3.45. The van der Waals surface area contributed by atoms with Crippen LogP contribution in [0.5, 0.6) is 0 Å². The van der Waals surface area contributed by atoms with Crippen LogP contribution in [0.25, 0.3) is 0 Å². The third kappa shape index (κ3) is 1.48. The van der Waals surface area contributed by atoms with Gasteiger partial charge < -0.3 is 10.1 Å². The molecule has 10 nitrogen and oxygen atoms in total. The molecule has 2 heterocycles. The summed E-state index contributed by atoms with van der Waals surface area (Å²) in [7, 11) is 0. The van der Waals surface area contributed by atoms with Crippen molar-refractivity contribution in [3.05, 3.63) is 16.4 Å². The number of hydrogen-bond acceptors (Lipinski definition) is 7. The van der Waals surface area contributed by atoms with Gasteiger partial charge in [0.05, 0.1) is 0 Å². The molecule has 0 radical (unpaired) electrons. The van der Waals surface area contributed by atoms with Crippen molar-refractivity contribution in [3.63, 3.8) is 0 Å². The zero-order valence-electron chi connectivity index (χ0n) is 6.63. The quantitative estimate of drug-likeness (QED) is 0.447. The van der Waals surface area contributed by atoms with Crippen LogP contribution in [0.1, 0.15) is 0 Å². The van der Waals surface area contributed by atoms with Crippen molar-refractivity contribution in [2.75, 3.05) is 5.32 Å². The first kappa shape index (κ1) is 8.10. The third-order valence-electron chi connectivity index (χ3n) is 1.29. The Morgan fingerprint density at radius 3 is 2.93 bits per heavy atom. The Labute approximate surface area is 75.9 Å². The predicted octanol–water partition coefficient (Wildman–Crippen LogP) is -0.425. The van der Waals surface area contributed by atoms with Crippen molar-refractivity contribution >= 4 is 17.8 Å². The minimum Gasteiger partial charge on any atom is -0.390 e. The summed E-state index contributed by atoms with van der Waals surface area (Å²) in [4.78, 5) is 16.8. The fraction of sp³-hybridized carbons (Fsp3) is 0. The van der Waals surface area contributed by atoms with Crippen LogP contribution >= 0.6 is 0 Å². The minimum absolute atomic E-state index is 0.0495. The van der Waals surface area contributed by atoms with E-state index < -0.39 is 10.9 Å². The second-order valence-electron chi connectivity index (χ2n) is 2.20. The highest BCUT2D eigenvalue weighted by molar-refractivity contribution is 5.41. The summed E-state index contributed by atoms with van der Waals surface area (Å²) in [5.41, 5.74) is 0. The second kappa shape index (κ2) is 3.08. The Bertz CT molecular complexity index is 432. The zero-order valence-corrected chi connectivity index (χ0v) is 6.63. The lowest BCUT2D eigenvalue weighted by atomic mass is 10.9. The molecule has 0 bridgehead atoms. The molecule has 0 aliphatic carbocycles. The Balaban J connectivity index is 2.14. The standard InChI is InChI=1S/C4H4N8O2/c13-12(14)4-8-3(10-11-4)7-2-5-1-6-9-2/h1H,(H3,5,6,7,8,9,10,11). The Morgan fingerprint density at radius 1 is 1.50 bits per heavy atom. The number of nitrogens with one attached hydrogen (secondary N) is 3. The maximum absolute atomic E-state index is 10.2. The molecule has 0 aliphatic heterocycles. The van der Waals surface area contributed by atoms with Gasteiger partial charge in [-0.05, 0) is 9.91 Å². The highest BCUT2D eigenvalue weighted by Crippen LogP contribution is 2.08. The number of nitro groups is 1. The monoisotopic (exact) mass is 196 g/mol. The van der Waals surface area contributed by atoms with Crippen molar-refractivity contribution in [2.45, 2.75) is 0 Å². The summed E-state index contributed by atoms with van der Waals surface area (Å²) < 4.78 is 0. The molecule has 0 spiro atoms. The highest BCUT2D eigenvalue weighted by Gasteiger charge is 2.14. The van der Waals surface area contributed by atoms with Gasteiger partial charge in [-0.2, -0.15) is 10.1 Å². The van der Waals surface area contributed by atoms with Crippen LogP contribution in [-0.2, 0) is 0 Å². The molecule has 0 saturated carbocycles. The van der Waals surface area contributed by atoms with E-state index in [1.54, 1.807) is 0 Å². The molecule has 2 rings (SSSR count). The number of rotatable bonds is 3. The maximum atomic E-state index is 10.2. The fourth-order valence-corrected chi connectivity index (χ4v) is 0.762. The van der Waals surface area contributed by atoms with Gasteiger partial charge in [0.15, 0.2) is 0 Å². The molecule has 10 heteroatoms. The summed E-state index contributed by atoms with van der Waals surface area (Å²) in [6.07, 6.45) is 1.28. The van der Waals surface area contributed by atoms with Gasteiger partial charge in [0.25, 0.3) is 0 Å². The summed E-state index contributed by atoms with van der Waals surface area (Å²) in [6.45, 7) is 0. The largest absolute Gasteiger partial charge is 0.455 e. The fourth-order valence-electron chi connectivity index (χ4n) is 0.762. The van der Waals surface area contributed by atoms with Crippen LogP contribution in [0.15, 0.2) is 6.33 Å². The van der Waals surface area contributed by atoms with Crippen LogP contribution in [0, 0.1) is 10.1 Å². The normalized spacial score (nSPS) is 10.0. The van der Waals surface area contributed by atoms with Gasteiger partial charge in [-0.1, -0.05) is 5.10 Å². The molecule has 0 aliphatic rings. The second-order valence-corrected chi connectivity index (χ2v) is 2.20. The lowest BCUT2D eigenvalue weighted by molar-refractivity contribution is -0.394. The molecule has 2 aromatic heterocycles. The van der Waals surface area contributed by atoms with Gasteiger partial charge in [-0.15, -0.1) is 5.10 Å². The van der Waals surface area contributed by atoms with E-state index in [4.69, 9.17) is 0 Å². The molecule has 2 aromatic rings. The first-order valence-electron chi connectivity index (χ1n) is 3.45. The van der Waals surface area contributed by atoms with Gasteiger partial charge in [-0.25, -0.2) is 5.10 Å². The molecule has 0 amide bonds. The number of H-pyrrole nitrogens is 2. The Kier molecular flexibility index (Phi) is 1.78. The molecule has 0 fully saturated rings. The number of hydrogen-bond donors (Lipinski definition) is 3. The Morgan fingerprint density at radius 2 is 2.36 bits per heavy atom. The van der Waals surface area contributed by atoms with Crippen LogP contribution in [-0.4, -0.2) is 35.3 Å². The predicted molar refractivity (Wildman–Crippen MR) is 42.7 cm³/mol. The smallest absolute Gasteiger partial charge is 0.390 e. The molecular weight excluding hydrogens is 192 g/mol. The molecule has 0 atom stereocenters. The number of aromatic nitrogens is 6. The van der Waals surface area contributed by atoms with Gasteiger partial charge >= 0.3 is 11.9 Å². The first-order chi connectivity index (χ1) is 6.75. The van der Waals surface area contributed by atoms with Crippen molar-refractivity contribution < 1.29 is 4.92 Å². The van der Waals surface area contributed by atoms with E-state index in [0.29, 0.717) is 5.95 Å². The average Bonchev–Trinajstić information content (AvgIpc) is 2.75. The topological polar surface area (TPSA) is 138 Å². The zero-order chi connectivity index (χ0) is 9.97. The third-order valence-corrected chi connectivity index (χ3v) is 1.29. The van der Waals surface area contributed by atoms with E-state index in [0.717, 1.165) is 0 Å². The molecule has 14 heavy (non-hydrogen) atoms. The summed E-state index contributed by atoms with van der Waals surface area (Å²) in [5.74, 6) is -0.0839. The van der Waals surface area contributed by atoms with Crippen LogP contribution < -0.4 is 5.32 Å². The maximum Gasteiger partial charge on any atom is 0.455 e. The van der Waals surface area contributed by atoms with Crippen molar-refractivity contribution in [1.82, 2.24) is 30.4 Å². The summed E-state index contributed by atoms with van der Waals surface area (Å²) in [6, 6.07) is 0. The molecule has 0 aromatic carbocycles. The Hall–Kier alpha value is -2.52. The van der Waals surface area contributed by atoms with Crippen molar-refractivity contribution in [2.24, 2.45) is 0 Å². The lowest BCUT2D eigenvalue weighted by Crippen LogP contribution is -1.94. The molecule has 3 N–H and O–H groups in total.